The highest BCUT2D eigenvalue weighted by Crippen LogP contribution is 2.41. The summed E-state index contributed by atoms with van der Waals surface area (Å²) in [5, 5.41) is 11.0. The quantitative estimate of drug-likeness (QED) is 0.255. The number of nitrogens with zero attached hydrogens (tertiary/aromatic N) is 1. The van der Waals surface area contributed by atoms with Crippen molar-refractivity contribution in [2.45, 2.75) is 12.6 Å². The SMILES string of the molecule is C=CCOc1ccc(/C(O)=C2\C(=O)C(=O)N(Cc3ccco3)C2c2ccccc2F)cc1. The Morgan fingerprint density at radius 1 is 1.12 bits per heavy atom. The summed E-state index contributed by atoms with van der Waals surface area (Å²) < 4.78 is 25.5. The van der Waals surface area contributed by atoms with Gasteiger partial charge in [-0.25, -0.2) is 4.39 Å². The number of ether oxygens (including phenoxy) is 1. The zero-order valence-electron chi connectivity index (χ0n) is 17.0. The second-order valence-electron chi connectivity index (χ2n) is 7.15. The summed E-state index contributed by atoms with van der Waals surface area (Å²) in [6, 6.07) is 14.4. The minimum Gasteiger partial charge on any atom is -0.507 e. The third-order valence-electron chi connectivity index (χ3n) is 5.14. The molecule has 2 aromatic carbocycles. The van der Waals surface area contributed by atoms with Gasteiger partial charge in [-0.1, -0.05) is 30.9 Å². The summed E-state index contributed by atoms with van der Waals surface area (Å²) in [5.74, 6) is -1.75. The maximum Gasteiger partial charge on any atom is 0.296 e. The first-order valence-electron chi connectivity index (χ1n) is 9.90. The number of carbonyl (C=O) groups is 2. The van der Waals surface area contributed by atoms with E-state index in [9.17, 15) is 19.1 Å². The predicted octanol–water partition coefficient (Wildman–Crippen LogP) is 4.61. The lowest BCUT2D eigenvalue weighted by atomic mass is 9.95. The normalized spacial score (nSPS) is 17.5. The topological polar surface area (TPSA) is 80.0 Å². The van der Waals surface area contributed by atoms with Gasteiger partial charge in [-0.05, 0) is 42.5 Å². The van der Waals surface area contributed by atoms with E-state index in [1.165, 1.54) is 29.4 Å². The first-order chi connectivity index (χ1) is 15.5. The maximum absolute atomic E-state index is 14.8. The Kier molecular flexibility index (Phi) is 5.89. The molecule has 1 unspecified atom stereocenters. The zero-order valence-corrected chi connectivity index (χ0v) is 17.0. The third kappa shape index (κ3) is 3.92. The molecule has 1 atom stereocenters. The highest BCUT2D eigenvalue weighted by Gasteiger charge is 2.47. The lowest BCUT2D eigenvalue weighted by molar-refractivity contribution is -0.140. The highest BCUT2D eigenvalue weighted by atomic mass is 19.1. The predicted molar refractivity (Wildman–Crippen MR) is 115 cm³/mol. The zero-order chi connectivity index (χ0) is 22.7. The molecule has 4 rings (SSSR count). The molecule has 0 aliphatic carbocycles. The average molecular weight is 433 g/mol. The summed E-state index contributed by atoms with van der Waals surface area (Å²) >= 11 is 0. The average Bonchev–Trinajstić information content (AvgIpc) is 3.40. The molecule has 1 aliphatic heterocycles. The van der Waals surface area contributed by atoms with Crippen LogP contribution in [0.4, 0.5) is 4.39 Å². The summed E-state index contributed by atoms with van der Waals surface area (Å²) in [7, 11) is 0. The molecule has 32 heavy (non-hydrogen) atoms. The van der Waals surface area contributed by atoms with Gasteiger partial charge >= 0.3 is 0 Å². The molecule has 2 heterocycles. The number of aliphatic hydroxyl groups is 1. The number of furan rings is 1. The number of hydrogen-bond donors (Lipinski definition) is 1. The fourth-order valence-electron chi connectivity index (χ4n) is 3.65. The summed E-state index contributed by atoms with van der Waals surface area (Å²) in [5.41, 5.74) is 0.213. The Labute approximate surface area is 183 Å². The number of Topliss-reactive ketones (excluding diaryl/α,β-unsaturated/α-hetero) is 1. The first kappa shape index (κ1) is 21.1. The van der Waals surface area contributed by atoms with Crippen LogP contribution in [0, 0.1) is 5.82 Å². The van der Waals surface area contributed by atoms with Crippen molar-refractivity contribution in [2.24, 2.45) is 0 Å². The van der Waals surface area contributed by atoms with Crippen molar-refractivity contribution in [2.75, 3.05) is 6.61 Å². The lowest BCUT2D eigenvalue weighted by Crippen LogP contribution is -2.29. The second kappa shape index (κ2) is 8.93. The molecule has 1 saturated heterocycles. The molecule has 1 amide bonds. The number of amides is 1. The van der Waals surface area contributed by atoms with Crippen molar-refractivity contribution in [3.8, 4) is 5.75 Å². The highest BCUT2D eigenvalue weighted by molar-refractivity contribution is 6.46. The number of rotatable bonds is 7. The van der Waals surface area contributed by atoms with Crippen LogP contribution >= 0.6 is 0 Å². The molecule has 0 radical (unpaired) electrons. The lowest BCUT2D eigenvalue weighted by Gasteiger charge is -2.24. The molecular formula is C25H20FNO5. The number of ketones is 1. The number of benzene rings is 2. The molecule has 0 spiro atoms. The number of halogens is 1. The smallest absolute Gasteiger partial charge is 0.296 e. The van der Waals surface area contributed by atoms with Gasteiger partial charge in [0.25, 0.3) is 11.7 Å². The van der Waals surface area contributed by atoms with Crippen LogP contribution < -0.4 is 4.74 Å². The van der Waals surface area contributed by atoms with Crippen LogP contribution in [0.2, 0.25) is 0 Å². The maximum atomic E-state index is 14.8. The molecule has 6 nitrogen and oxygen atoms in total. The molecule has 0 bridgehead atoms. The van der Waals surface area contributed by atoms with E-state index < -0.39 is 29.3 Å². The van der Waals surface area contributed by atoms with Crippen molar-refractivity contribution in [1.29, 1.82) is 0 Å². The van der Waals surface area contributed by atoms with Crippen LogP contribution in [-0.4, -0.2) is 28.3 Å². The molecule has 0 saturated carbocycles. The molecule has 7 heteroatoms. The molecule has 1 N–H and O–H groups in total. The molecule has 1 aromatic heterocycles. The summed E-state index contributed by atoms with van der Waals surface area (Å²) in [6.07, 6.45) is 3.04. The summed E-state index contributed by atoms with van der Waals surface area (Å²) in [6.45, 7) is 3.85. The van der Waals surface area contributed by atoms with Crippen LogP contribution in [0.25, 0.3) is 5.76 Å². The molecule has 3 aromatic rings. The van der Waals surface area contributed by atoms with Crippen molar-refractivity contribution in [3.63, 3.8) is 0 Å². The van der Waals surface area contributed by atoms with Crippen LogP contribution in [-0.2, 0) is 16.1 Å². The monoisotopic (exact) mass is 433 g/mol. The van der Waals surface area contributed by atoms with E-state index in [-0.39, 0.29) is 17.7 Å². The Hall–Kier alpha value is -4.13. The number of hydrogen-bond acceptors (Lipinski definition) is 5. The van der Waals surface area contributed by atoms with Crippen LogP contribution in [0.3, 0.4) is 0 Å². The van der Waals surface area contributed by atoms with E-state index in [2.05, 4.69) is 6.58 Å². The fourth-order valence-corrected chi connectivity index (χ4v) is 3.65. The van der Waals surface area contributed by atoms with Gasteiger partial charge in [0.1, 0.15) is 29.7 Å². The van der Waals surface area contributed by atoms with Gasteiger partial charge in [0.15, 0.2) is 0 Å². The Morgan fingerprint density at radius 3 is 2.53 bits per heavy atom. The van der Waals surface area contributed by atoms with E-state index in [1.54, 1.807) is 48.5 Å². The minimum atomic E-state index is -1.11. The van der Waals surface area contributed by atoms with Crippen molar-refractivity contribution in [3.05, 3.63) is 108 Å². The van der Waals surface area contributed by atoms with Crippen LogP contribution in [0.5, 0.6) is 5.75 Å². The van der Waals surface area contributed by atoms with Gasteiger partial charge in [-0.15, -0.1) is 0 Å². The molecule has 1 aliphatic rings. The Morgan fingerprint density at radius 2 is 1.88 bits per heavy atom. The van der Waals surface area contributed by atoms with Gasteiger partial charge in [-0.3, -0.25) is 9.59 Å². The van der Waals surface area contributed by atoms with Crippen molar-refractivity contribution >= 4 is 17.4 Å². The fraction of sp³-hybridized carbons (Fsp3) is 0.120. The van der Waals surface area contributed by atoms with Gasteiger partial charge in [0, 0.05) is 11.1 Å². The van der Waals surface area contributed by atoms with Crippen molar-refractivity contribution < 1.29 is 28.2 Å². The van der Waals surface area contributed by atoms with E-state index in [4.69, 9.17) is 9.15 Å². The van der Waals surface area contributed by atoms with Gasteiger partial charge < -0.3 is 19.2 Å². The van der Waals surface area contributed by atoms with Gasteiger partial charge in [0.05, 0.1) is 24.4 Å². The number of carbonyl (C=O) groups excluding carboxylic acids is 2. The van der Waals surface area contributed by atoms with Crippen molar-refractivity contribution in [1.82, 2.24) is 4.90 Å². The largest absolute Gasteiger partial charge is 0.507 e. The van der Waals surface area contributed by atoms with E-state index in [0.717, 1.165) is 0 Å². The molecular weight excluding hydrogens is 413 g/mol. The van der Waals surface area contributed by atoms with E-state index in [0.29, 0.717) is 23.7 Å². The standard InChI is InChI=1S/C25H20FNO5/c1-2-13-31-17-11-9-16(10-12-17)23(28)21-22(19-7-3-4-8-20(19)26)27(25(30)24(21)29)15-18-6-5-14-32-18/h2-12,14,22,28H,1,13,15H2/b23-21+. The number of aliphatic hydroxyl groups excluding tert-OH is 1. The third-order valence-corrected chi connectivity index (χ3v) is 5.14. The Balaban J connectivity index is 1.80. The van der Waals surface area contributed by atoms with E-state index >= 15 is 0 Å². The Bertz CT molecular complexity index is 1180. The minimum absolute atomic E-state index is 0.0539. The molecule has 1 fully saturated rings. The number of likely N-dealkylation sites (tertiary alicyclic amines) is 1. The second-order valence-corrected chi connectivity index (χ2v) is 7.15. The van der Waals surface area contributed by atoms with Gasteiger partial charge in [0.2, 0.25) is 0 Å². The molecule has 162 valence electrons. The summed E-state index contributed by atoms with van der Waals surface area (Å²) in [4.78, 5) is 27.0. The van der Waals surface area contributed by atoms with E-state index in [1.807, 2.05) is 0 Å². The van der Waals surface area contributed by atoms with Crippen LogP contribution in [0.1, 0.15) is 22.9 Å². The van der Waals surface area contributed by atoms with Crippen LogP contribution in [0.15, 0.2) is 89.6 Å². The van der Waals surface area contributed by atoms with Gasteiger partial charge in [-0.2, -0.15) is 0 Å². The first-order valence-corrected chi connectivity index (χ1v) is 9.90.